The van der Waals surface area contributed by atoms with Gasteiger partial charge in [-0.05, 0) is 12.1 Å². The van der Waals surface area contributed by atoms with Gasteiger partial charge < -0.3 is 5.32 Å². The number of thioether (sulfide) groups is 1. The second-order valence-corrected chi connectivity index (χ2v) is 6.45. The molecule has 1 aromatic heterocycles. The van der Waals surface area contributed by atoms with E-state index in [4.69, 9.17) is 0 Å². The number of para-hydroxylation sites is 1. The quantitative estimate of drug-likeness (QED) is 0.490. The van der Waals surface area contributed by atoms with Gasteiger partial charge in [0.05, 0.1) is 5.75 Å². The highest BCUT2D eigenvalue weighted by Crippen LogP contribution is 2.24. The van der Waals surface area contributed by atoms with Crippen molar-refractivity contribution in [3.05, 3.63) is 72.8 Å². The number of halogens is 2. The Morgan fingerprint density at radius 3 is 2.48 bits per heavy atom. The normalized spacial score (nSPS) is 10.6. The fourth-order valence-corrected chi connectivity index (χ4v) is 3.16. The number of benzene rings is 2. The molecule has 2 aromatic carbocycles. The minimum absolute atomic E-state index is 0.0716. The molecule has 0 saturated carbocycles. The average Bonchev–Trinajstić information content (AvgIpc) is 3.07. The number of aromatic nitrogens is 3. The molecule has 0 saturated heterocycles. The largest absolute Gasteiger partial charge is 0.320 e. The fourth-order valence-electron chi connectivity index (χ4n) is 2.41. The van der Waals surface area contributed by atoms with Crippen LogP contribution in [0, 0.1) is 11.6 Å². The maximum Gasteiger partial charge on any atom is 0.235 e. The van der Waals surface area contributed by atoms with Crippen molar-refractivity contribution in [1.29, 1.82) is 0 Å². The number of carbonyl (C=O) groups excluding carboxylic acids is 1. The zero-order valence-electron chi connectivity index (χ0n) is 14.2. The van der Waals surface area contributed by atoms with Gasteiger partial charge in [-0.1, -0.05) is 54.2 Å². The highest BCUT2D eigenvalue weighted by atomic mass is 32.2. The number of carbonyl (C=O) groups is 1. The highest BCUT2D eigenvalue weighted by molar-refractivity contribution is 7.99. The molecule has 0 aliphatic rings. The summed E-state index contributed by atoms with van der Waals surface area (Å²) >= 11 is 1.13. The van der Waals surface area contributed by atoms with E-state index in [1.54, 1.807) is 6.08 Å². The molecular formula is C19H16F2N4OS. The molecule has 138 valence electrons. The van der Waals surface area contributed by atoms with Crippen molar-refractivity contribution in [1.82, 2.24) is 14.8 Å². The molecule has 1 amide bonds. The molecule has 8 heteroatoms. The Morgan fingerprint density at radius 1 is 1.11 bits per heavy atom. The minimum Gasteiger partial charge on any atom is -0.320 e. The molecule has 3 aromatic rings. The van der Waals surface area contributed by atoms with E-state index in [2.05, 4.69) is 22.1 Å². The van der Waals surface area contributed by atoms with Gasteiger partial charge in [-0.3, -0.25) is 9.36 Å². The van der Waals surface area contributed by atoms with E-state index < -0.39 is 23.2 Å². The van der Waals surface area contributed by atoms with Crippen LogP contribution in [0.5, 0.6) is 0 Å². The summed E-state index contributed by atoms with van der Waals surface area (Å²) < 4.78 is 29.1. The van der Waals surface area contributed by atoms with Crippen LogP contribution in [0.3, 0.4) is 0 Å². The van der Waals surface area contributed by atoms with Crippen molar-refractivity contribution < 1.29 is 13.6 Å². The molecular weight excluding hydrogens is 370 g/mol. The summed E-state index contributed by atoms with van der Waals surface area (Å²) in [5.74, 6) is -1.61. The molecule has 0 unspecified atom stereocenters. The summed E-state index contributed by atoms with van der Waals surface area (Å²) in [7, 11) is 0. The van der Waals surface area contributed by atoms with E-state index in [0.717, 1.165) is 29.5 Å². The van der Waals surface area contributed by atoms with E-state index in [9.17, 15) is 13.6 Å². The molecule has 0 atom stereocenters. The van der Waals surface area contributed by atoms with Crippen LogP contribution >= 0.6 is 11.8 Å². The standard InChI is InChI=1S/C19H16F2N4OS/c1-2-11-25-18(13-7-4-3-5-8-13)23-24-19(25)27-12-16(26)22-17-14(20)9-6-10-15(17)21/h2-10H,1,11-12H2,(H,22,26). The molecule has 0 spiro atoms. The van der Waals surface area contributed by atoms with Crippen LogP contribution in [0.1, 0.15) is 0 Å². The van der Waals surface area contributed by atoms with Crippen molar-refractivity contribution in [3.8, 4) is 11.4 Å². The number of rotatable bonds is 7. The summed E-state index contributed by atoms with van der Waals surface area (Å²) in [6.45, 7) is 4.20. The fraction of sp³-hybridized carbons (Fsp3) is 0.105. The lowest BCUT2D eigenvalue weighted by atomic mass is 10.2. The first kappa shape index (κ1) is 18.8. The number of amides is 1. The van der Waals surface area contributed by atoms with Gasteiger partial charge in [0.2, 0.25) is 5.91 Å². The van der Waals surface area contributed by atoms with E-state index in [-0.39, 0.29) is 5.75 Å². The lowest BCUT2D eigenvalue weighted by molar-refractivity contribution is -0.113. The smallest absolute Gasteiger partial charge is 0.235 e. The van der Waals surface area contributed by atoms with E-state index in [1.165, 1.54) is 6.07 Å². The Labute approximate surface area is 159 Å². The Kier molecular flexibility index (Phi) is 5.97. The maximum absolute atomic E-state index is 13.6. The Balaban J connectivity index is 1.73. The summed E-state index contributed by atoms with van der Waals surface area (Å²) in [5.41, 5.74) is 0.428. The second-order valence-electron chi connectivity index (χ2n) is 5.50. The summed E-state index contributed by atoms with van der Waals surface area (Å²) in [6.07, 6.45) is 1.70. The number of allylic oxidation sites excluding steroid dienone is 1. The second kappa shape index (κ2) is 8.59. The lowest BCUT2D eigenvalue weighted by Crippen LogP contribution is -2.16. The monoisotopic (exact) mass is 386 g/mol. The van der Waals surface area contributed by atoms with Crippen LogP contribution < -0.4 is 5.32 Å². The van der Waals surface area contributed by atoms with Gasteiger partial charge >= 0.3 is 0 Å². The van der Waals surface area contributed by atoms with Gasteiger partial charge in [0.25, 0.3) is 0 Å². The molecule has 27 heavy (non-hydrogen) atoms. The molecule has 0 aliphatic heterocycles. The van der Waals surface area contributed by atoms with Crippen LogP contribution in [-0.4, -0.2) is 26.4 Å². The van der Waals surface area contributed by atoms with Gasteiger partial charge in [-0.2, -0.15) is 0 Å². The van der Waals surface area contributed by atoms with Crippen LogP contribution in [0.2, 0.25) is 0 Å². The van der Waals surface area contributed by atoms with Gasteiger partial charge in [0, 0.05) is 12.1 Å². The van der Waals surface area contributed by atoms with Gasteiger partial charge in [-0.25, -0.2) is 8.78 Å². The van der Waals surface area contributed by atoms with Crippen LogP contribution in [0.25, 0.3) is 11.4 Å². The Hall–Kier alpha value is -3.00. The van der Waals surface area contributed by atoms with Crippen LogP contribution in [0.15, 0.2) is 66.3 Å². The first-order chi connectivity index (χ1) is 13.1. The summed E-state index contributed by atoms with van der Waals surface area (Å²) in [6, 6.07) is 12.9. The topological polar surface area (TPSA) is 59.8 Å². The zero-order chi connectivity index (χ0) is 19.2. The number of anilines is 1. The van der Waals surface area contributed by atoms with E-state index >= 15 is 0 Å². The predicted octanol–water partition coefficient (Wildman–Crippen LogP) is 4.14. The van der Waals surface area contributed by atoms with Crippen molar-refractivity contribution in [3.63, 3.8) is 0 Å². The van der Waals surface area contributed by atoms with Crippen molar-refractivity contribution in [2.24, 2.45) is 0 Å². The van der Waals surface area contributed by atoms with Crippen molar-refractivity contribution in [2.45, 2.75) is 11.7 Å². The zero-order valence-corrected chi connectivity index (χ0v) is 15.0. The average molecular weight is 386 g/mol. The van der Waals surface area contributed by atoms with Crippen molar-refractivity contribution >= 4 is 23.4 Å². The molecule has 3 rings (SSSR count). The minimum atomic E-state index is -0.825. The van der Waals surface area contributed by atoms with Crippen LogP contribution in [-0.2, 0) is 11.3 Å². The van der Waals surface area contributed by atoms with E-state index in [0.29, 0.717) is 17.5 Å². The Morgan fingerprint density at radius 2 is 1.81 bits per heavy atom. The molecule has 5 nitrogen and oxygen atoms in total. The van der Waals surface area contributed by atoms with E-state index in [1.807, 2.05) is 34.9 Å². The SMILES string of the molecule is C=CCn1c(SCC(=O)Nc2c(F)cccc2F)nnc1-c1ccccc1. The van der Waals surface area contributed by atoms with Crippen LogP contribution in [0.4, 0.5) is 14.5 Å². The van der Waals surface area contributed by atoms with Crippen molar-refractivity contribution in [2.75, 3.05) is 11.1 Å². The third-order valence-corrected chi connectivity index (χ3v) is 4.59. The maximum atomic E-state index is 13.6. The lowest BCUT2D eigenvalue weighted by Gasteiger charge is -2.09. The third kappa shape index (κ3) is 4.40. The van der Waals surface area contributed by atoms with Gasteiger partial charge in [0.1, 0.15) is 17.3 Å². The number of nitrogens with zero attached hydrogens (tertiary/aromatic N) is 3. The number of nitrogens with one attached hydrogen (secondary N) is 1. The molecule has 0 radical (unpaired) electrons. The molecule has 1 N–H and O–H groups in total. The highest BCUT2D eigenvalue weighted by Gasteiger charge is 2.16. The third-order valence-electron chi connectivity index (χ3n) is 3.62. The first-order valence-electron chi connectivity index (χ1n) is 8.06. The summed E-state index contributed by atoms with van der Waals surface area (Å²) in [5, 5.41) is 11.1. The van der Waals surface area contributed by atoms with Gasteiger partial charge in [0.15, 0.2) is 11.0 Å². The molecule has 0 bridgehead atoms. The molecule has 0 aliphatic carbocycles. The number of hydrogen-bond donors (Lipinski definition) is 1. The first-order valence-corrected chi connectivity index (χ1v) is 9.05. The predicted molar refractivity (Wildman–Crippen MR) is 101 cm³/mol. The Bertz CT molecular complexity index is 939. The molecule has 0 fully saturated rings. The number of hydrogen-bond acceptors (Lipinski definition) is 4. The molecule has 1 heterocycles. The van der Waals surface area contributed by atoms with Gasteiger partial charge in [-0.15, -0.1) is 16.8 Å². The summed E-state index contributed by atoms with van der Waals surface area (Å²) in [4.78, 5) is 12.1.